The molecule has 0 saturated carbocycles. The molecule has 28 heavy (non-hydrogen) atoms. The summed E-state index contributed by atoms with van der Waals surface area (Å²) in [7, 11) is 4.47. The maximum Gasteiger partial charge on any atom is 0.363 e. The average Bonchev–Trinajstić information content (AvgIpc) is 3.07. The van der Waals surface area contributed by atoms with Gasteiger partial charge in [0.25, 0.3) is 5.69 Å². The summed E-state index contributed by atoms with van der Waals surface area (Å²) < 4.78 is 21.0. The monoisotopic (exact) mass is 384 g/mol. The van der Waals surface area contributed by atoms with Crippen molar-refractivity contribution in [2.45, 2.75) is 0 Å². The molecule has 0 aromatic heterocycles. The van der Waals surface area contributed by atoms with Crippen molar-refractivity contribution >= 4 is 23.6 Å². The summed E-state index contributed by atoms with van der Waals surface area (Å²) in [5.41, 5.74) is 1.05. The Kier molecular flexibility index (Phi) is 5.25. The summed E-state index contributed by atoms with van der Waals surface area (Å²) in [6.07, 6.45) is 1.52. The highest BCUT2D eigenvalue weighted by Gasteiger charge is 2.25. The molecule has 0 aliphatic carbocycles. The van der Waals surface area contributed by atoms with Crippen molar-refractivity contribution in [2.24, 2.45) is 4.99 Å². The SMILES string of the molecule is COc1cc(C=C2N=C(c3ccc([N+](=O)[O-])cc3)OC2=O)cc(OC)c1OC. The Morgan fingerprint density at radius 3 is 2.14 bits per heavy atom. The van der Waals surface area contributed by atoms with E-state index in [0.717, 1.165) is 0 Å². The highest BCUT2D eigenvalue weighted by atomic mass is 16.6. The first kappa shape index (κ1) is 18.9. The topological polar surface area (TPSA) is 109 Å². The van der Waals surface area contributed by atoms with E-state index in [0.29, 0.717) is 28.4 Å². The van der Waals surface area contributed by atoms with Crippen molar-refractivity contribution in [3.63, 3.8) is 0 Å². The van der Waals surface area contributed by atoms with E-state index in [-0.39, 0.29) is 17.3 Å². The van der Waals surface area contributed by atoms with Gasteiger partial charge in [0.2, 0.25) is 11.6 Å². The summed E-state index contributed by atoms with van der Waals surface area (Å²) in [6.45, 7) is 0. The van der Waals surface area contributed by atoms with Gasteiger partial charge in [-0.2, -0.15) is 0 Å². The number of rotatable bonds is 6. The van der Waals surface area contributed by atoms with Gasteiger partial charge in [0.15, 0.2) is 17.2 Å². The van der Waals surface area contributed by atoms with Crippen LogP contribution in [-0.2, 0) is 9.53 Å². The number of carbonyl (C=O) groups is 1. The van der Waals surface area contributed by atoms with E-state index in [2.05, 4.69) is 4.99 Å². The second kappa shape index (κ2) is 7.78. The molecule has 144 valence electrons. The fourth-order valence-corrected chi connectivity index (χ4v) is 2.60. The molecule has 9 heteroatoms. The quantitative estimate of drug-likeness (QED) is 0.326. The molecular formula is C19H16N2O7. The van der Waals surface area contributed by atoms with Crippen LogP contribution in [0.15, 0.2) is 47.1 Å². The summed E-state index contributed by atoms with van der Waals surface area (Å²) in [6, 6.07) is 8.89. The van der Waals surface area contributed by atoms with Gasteiger partial charge in [-0.1, -0.05) is 0 Å². The first-order valence-corrected chi connectivity index (χ1v) is 8.04. The Morgan fingerprint density at radius 2 is 1.64 bits per heavy atom. The van der Waals surface area contributed by atoms with Crippen molar-refractivity contribution in [3.05, 3.63) is 63.3 Å². The second-order valence-electron chi connectivity index (χ2n) is 5.60. The normalized spacial score (nSPS) is 14.5. The van der Waals surface area contributed by atoms with Gasteiger partial charge < -0.3 is 18.9 Å². The van der Waals surface area contributed by atoms with E-state index in [1.54, 1.807) is 12.1 Å². The summed E-state index contributed by atoms with van der Waals surface area (Å²) in [5, 5.41) is 10.7. The minimum atomic E-state index is -0.637. The van der Waals surface area contributed by atoms with Crippen LogP contribution >= 0.6 is 0 Å². The lowest BCUT2D eigenvalue weighted by Gasteiger charge is -2.12. The Balaban J connectivity index is 1.96. The van der Waals surface area contributed by atoms with Gasteiger partial charge in [0, 0.05) is 17.7 Å². The fourth-order valence-electron chi connectivity index (χ4n) is 2.60. The van der Waals surface area contributed by atoms with Gasteiger partial charge in [0.1, 0.15) is 0 Å². The van der Waals surface area contributed by atoms with Gasteiger partial charge in [-0.15, -0.1) is 0 Å². The number of hydrogen-bond acceptors (Lipinski definition) is 8. The van der Waals surface area contributed by atoms with E-state index < -0.39 is 10.9 Å². The molecule has 0 N–H and O–H groups in total. The summed E-state index contributed by atoms with van der Waals surface area (Å²) in [4.78, 5) is 26.6. The number of ether oxygens (including phenoxy) is 4. The minimum Gasteiger partial charge on any atom is -0.493 e. The molecule has 0 unspecified atom stereocenters. The van der Waals surface area contributed by atoms with Gasteiger partial charge >= 0.3 is 5.97 Å². The molecule has 9 nitrogen and oxygen atoms in total. The maximum atomic E-state index is 12.2. The van der Waals surface area contributed by atoms with Crippen LogP contribution < -0.4 is 14.2 Å². The van der Waals surface area contributed by atoms with Crippen LogP contribution in [0, 0.1) is 10.1 Å². The summed E-state index contributed by atoms with van der Waals surface area (Å²) in [5.74, 6) is 0.719. The third-order valence-electron chi connectivity index (χ3n) is 3.94. The lowest BCUT2D eigenvalue weighted by molar-refractivity contribution is -0.384. The number of nitro benzene ring substituents is 1. The summed E-state index contributed by atoms with van der Waals surface area (Å²) >= 11 is 0. The fraction of sp³-hybridized carbons (Fsp3) is 0.158. The van der Waals surface area contributed by atoms with Crippen molar-refractivity contribution in [1.29, 1.82) is 0 Å². The number of hydrogen-bond donors (Lipinski definition) is 0. The molecule has 2 aromatic carbocycles. The molecule has 0 bridgehead atoms. The number of nitrogens with zero attached hydrogens (tertiary/aromatic N) is 2. The first-order chi connectivity index (χ1) is 13.5. The van der Waals surface area contributed by atoms with E-state index >= 15 is 0 Å². The average molecular weight is 384 g/mol. The van der Waals surface area contributed by atoms with Crippen LogP contribution in [0.1, 0.15) is 11.1 Å². The number of cyclic esters (lactones) is 1. The van der Waals surface area contributed by atoms with Crippen molar-refractivity contribution in [2.75, 3.05) is 21.3 Å². The molecule has 1 aliphatic heterocycles. The zero-order chi connectivity index (χ0) is 20.3. The number of aliphatic imine (C=N–C) groups is 1. The smallest absolute Gasteiger partial charge is 0.363 e. The Hall–Kier alpha value is -3.88. The Labute approximate surface area is 160 Å². The van der Waals surface area contributed by atoms with E-state index in [9.17, 15) is 14.9 Å². The molecule has 1 aliphatic rings. The molecule has 0 atom stereocenters. The standard InChI is InChI=1S/C19H16N2O7/c1-25-15-9-11(10-16(26-2)17(15)27-3)8-14-19(22)28-18(20-14)12-4-6-13(7-5-12)21(23)24/h4-10H,1-3H3. The zero-order valence-electron chi connectivity index (χ0n) is 15.3. The van der Waals surface area contributed by atoms with Crippen molar-refractivity contribution in [3.8, 4) is 17.2 Å². The van der Waals surface area contributed by atoms with E-state index in [4.69, 9.17) is 18.9 Å². The molecule has 0 radical (unpaired) electrons. The Morgan fingerprint density at radius 1 is 1.04 bits per heavy atom. The maximum absolute atomic E-state index is 12.2. The van der Waals surface area contributed by atoms with Crippen LogP contribution in [0.3, 0.4) is 0 Å². The Bertz CT molecular complexity index is 969. The molecule has 2 aromatic rings. The van der Waals surface area contributed by atoms with E-state index in [1.807, 2.05) is 0 Å². The van der Waals surface area contributed by atoms with Gasteiger partial charge in [-0.3, -0.25) is 10.1 Å². The molecule has 0 spiro atoms. The molecule has 3 rings (SSSR count). The predicted octanol–water partition coefficient (Wildman–Crippen LogP) is 2.97. The highest BCUT2D eigenvalue weighted by molar-refractivity contribution is 6.12. The number of benzene rings is 2. The molecule has 1 heterocycles. The highest BCUT2D eigenvalue weighted by Crippen LogP contribution is 2.39. The predicted molar refractivity (Wildman–Crippen MR) is 99.8 cm³/mol. The van der Waals surface area contributed by atoms with Crippen molar-refractivity contribution < 1.29 is 28.7 Å². The number of esters is 1. The molecule has 0 saturated heterocycles. The van der Waals surface area contributed by atoms with Gasteiger partial charge in [-0.25, -0.2) is 9.79 Å². The molecule has 0 amide bonds. The number of nitro groups is 1. The molecular weight excluding hydrogens is 368 g/mol. The minimum absolute atomic E-state index is 0.0677. The van der Waals surface area contributed by atoms with E-state index in [1.165, 1.54) is 51.7 Å². The lowest BCUT2D eigenvalue weighted by atomic mass is 10.1. The third kappa shape index (κ3) is 3.63. The van der Waals surface area contributed by atoms with Crippen LogP contribution in [0.5, 0.6) is 17.2 Å². The zero-order valence-corrected chi connectivity index (χ0v) is 15.3. The van der Waals surface area contributed by atoms with Gasteiger partial charge in [0.05, 0.1) is 26.3 Å². The first-order valence-electron chi connectivity index (χ1n) is 8.04. The van der Waals surface area contributed by atoms with Crippen LogP contribution in [-0.4, -0.2) is 38.1 Å². The largest absolute Gasteiger partial charge is 0.493 e. The molecule has 0 fully saturated rings. The van der Waals surface area contributed by atoms with Crippen LogP contribution in [0.25, 0.3) is 6.08 Å². The number of non-ortho nitro benzene ring substituents is 1. The number of methoxy groups -OCH3 is 3. The second-order valence-corrected chi connectivity index (χ2v) is 5.60. The number of carbonyl (C=O) groups excluding carboxylic acids is 1. The van der Waals surface area contributed by atoms with Crippen LogP contribution in [0.2, 0.25) is 0 Å². The van der Waals surface area contributed by atoms with Crippen LogP contribution in [0.4, 0.5) is 5.69 Å². The van der Waals surface area contributed by atoms with Crippen molar-refractivity contribution in [1.82, 2.24) is 0 Å². The van der Waals surface area contributed by atoms with Gasteiger partial charge in [-0.05, 0) is 35.9 Å². The third-order valence-corrected chi connectivity index (χ3v) is 3.94. The lowest BCUT2D eigenvalue weighted by Crippen LogP contribution is -2.05.